The molecule has 0 aromatic rings. The maximum Gasteiger partial charge on any atom is 0.322 e. The molecule has 0 heterocycles. The summed E-state index contributed by atoms with van der Waals surface area (Å²) in [5, 5.41) is 0. The van der Waals surface area contributed by atoms with Crippen LogP contribution in [0.25, 0.3) is 0 Å². The number of unbranched alkanes of at least 4 members (excludes halogenated alkanes) is 1. The van der Waals surface area contributed by atoms with Crippen LogP contribution in [0.2, 0.25) is 0 Å². The molecule has 0 aromatic heterocycles. The zero-order chi connectivity index (χ0) is 11.9. The number of carbonyl (C=O) groups is 1. The molecule has 0 spiro atoms. The average Bonchev–Trinajstić information content (AvgIpc) is 2.13. The van der Waals surface area contributed by atoms with Crippen molar-refractivity contribution < 1.29 is 17.9 Å². The number of ether oxygens (including phenoxy) is 1. The van der Waals surface area contributed by atoms with Crippen molar-refractivity contribution in [3.05, 3.63) is 0 Å². The third-order valence-electron chi connectivity index (χ3n) is 1.84. The summed E-state index contributed by atoms with van der Waals surface area (Å²) in [4.78, 5) is 11.2. The van der Waals surface area contributed by atoms with Gasteiger partial charge in [-0.1, -0.05) is 13.3 Å². The second-order valence-electron chi connectivity index (χ2n) is 3.55. The van der Waals surface area contributed by atoms with E-state index in [9.17, 15) is 13.2 Å². The lowest BCUT2D eigenvalue weighted by Crippen LogP contribution is -2.34. The van der Waals surface area contributed by atoms with Gasteiger partial charge in [0.2, 0.25) is 0 Å². The van der Waals surface area contributed by atoms with Gasteiger partial charge in [0.25, 0.3) is 0 Å². The van der Waals surface area contributed by atoms with E-state index in [-0.39, 0.29) is 12.2 Å². The molecule has 0 aliphatic rings. The van der Waals surface area contributed by atoms with E-state index in [0.29, 0.717) is 6.61 Å². The van der Waals surface area contributed by atoms with E-state index in [1.165, 1.54) is 0 Å². The standard InChI is InChI=1S/C9H19NO4S/c1-3-4-6-14-9(11)8(10)5-7-15(2,12)13/h8H,3-7,10H2,1-2H3. The molecule has 2 N–H and O–H groups in total. The number of carbonyl (C=O) groups excluding carboxylic acids is 1. The molecule has 90 valence electrons. The molecule has 0 saturated carbocycles. The van der Waals surface area contributed by atoms with Gasteiger partial charge in [0, 0.05) is 6.26 Å². The Morgan fingerprint density at radius 3 is 2.53 bits per heavy atom. The van der Waals surface area contributed by atoms with Gasteiger partial charge in [0.05, 0.1) is 12.4 Å². The van der Waals surface area contributed by atoms with Crippen LogP contribution in [0.4, 0.5) is 0 Å². The van der Waals surface area contributed by atoms with E-state index in [2.05, 4.69) is 0 Å². The molecule has 0 amide bonds. The van der Waals surface area contributed by atoms with Gasteiger partial charge in [-0.3, -0.25) is 4.79 Å². The van der Waals surface area contributed by atoms with Crippen LogP contribution in [0, 0.1) is 0 Å². The van der Waals surface area contributed by atoms with Crippen molar-refractivity contribution >= 4 is 15.8 Å². The molecule has 0 aliphatic heterocycles. The van der Waals surface area contributed by atoms with Gasteiger partial charge < -0.3 is 10.5 Å². The van der Waals surface area contributed by atoms with E-state index in [4.69, 9.17) is 10.5 Å². The first-order chi connectivity index (χ1) is 6.87. The predicted molar refractivity (Wildman–Crippen MR) is 58.2 cm³/mol. The van der Waals surface area contributed by atoms with Crippen LogP contribution in [0.15, 0.2) is 0 Å². The topological polar surface area (TPSA) is 86.5 Å². The maximum atomic E-state index is 11.2. The van der Waals surface area contributed by atoms with Crippen LogP contribution >= 0.6 is 0 Å². The fraction of sp³-hybridized carbons (Fsp3) is 0.889. The Morgan fingerprint density at radius 2 is 2.07 bits per heavy atom. The van der Waals surface area contributed by atoms with Crippen LogP contribution in [-0.2, 0) is 19.4 Å². The normalized spacial score (nSPS) is 13.5. The number of rotatable bonds is 7. The fourth-order valence-corrected chi connectivity index (χ4v) is 1.57. The Kier molecular flexibility index (Phi) is 6.51. The average molecular weight is 237 g/mol. The molecule has 0 fully saturated rings. The summed E-state index contributed by atoms with van der Waals surface area (Å²) in [5.74, 6) is -0.607. The Hall–Kier alpha value is -0.620. The highest BCUT2D eigenvalue weighted by Crippen LogP contribution is 1.97. The first-order valence-corrected chi connectivity index (χ1v) is 7.03. The SMILES string of the molecule is CCCCOC(=O)C(N)CCS(C)(=O)=O. The summed E-state index contributed by atoms with van der Waals surface area (Å²) in [6.07, 6.45) is 2.96. The van der Waals surface area contributed by atoms with Gasteiger partial charge in [-0.05, 0) is 12.8 Å². The molecule has 0 bridgehead atoms. The van der Waals surface area contributed by atoms with E-state index in [0.717, 1.165) is 19.1 Å². The molecule has 1 unspecified atom stereocenters. The number of nitrogens with two attached hydrogens (primary N) is 1. The molecular weight excluding hydrogens is 218 g/mol. The smallest absolute Gasteiger partial charge is 0.322 e. The van der Waals surface area contributed by atoms with Gasteiger partial charge in [-0.2, -0.15) is 0 Å². The van der Waals surface area contributed by atoms with E-state index >= 15 is 0 Å². The van der Waals surface area contributed by atoms with E-state index in [1.54, 1.807) is 0 Å². The van der Waals surface area contributed by atoms with Crippen LogP contribution in [0.5, 0.6) is 0 Å². The lowest BCUT2D eigenvalue weighted by atomic mass is 10.2. The summed E-state index contributed by atoms with van der Waals surface area (Å²) >= 11 is 0. The Labute approximate surface area is 90.9 Å². The monoisotopic (exact) mass is 237 g/mol. The highest BCUT2D eigenvalue weighted by molar-refractivity contribution is 7.90. The highest BCUT2D eigenvalue weighted by Gasteiger charge is 2.16. The Bertz CT molecular complexity index is 286. The number of sulfone groups is 1. The van der Waals surface area contributed by atoms with Crippen LogP contribution in [0.3, 0.4) is 0 Å². The lowest BCUT2D eigenvalue weighted by Gasteiger charge is -2.10. The third kappa shape index (κ3) is 8.38. The highest BCUT2D eigenvalue weighted by atomic mass is 32.2. The summed E-state index contributed by atoms with van der Waals surface area (Å²) in [5.41, 5.74) is 5.47. The van der Waals surface area contributed by atoms with Crippen LogP contribution < -0.4 is 5.73 Å². The van der Waals surface area contributed by atoms with Crippen LogP contribution in [0.1, 0.15) is 26.2 Å². The zero-order valence-corrected chi connectivity index (χ0v) is 10.0. The molecule has 5 nitrogen and oxygen atoms in total. The number of hydrogen-bond donors (Lipinski definition) is 1. The molecule has 0 aromatic carbocycles. The van der Waals surface area contributed by atoms with E-state index < -0.39 is 21.8 Å². The molecule has 0 aliphatic carbocycles. The van der Waals surface area contributed by atoms with E-state index in [1.807, 2.05) is 6.92 Å². The molecule has 1 atom stereocenters. The molecular formula is C9H19NO4S. The molecule has 0 radical (unpaired) electrons. The van der Waals surface area contributed by atoms with Gasteiger partial charge in [0.1, 0.15) is 15.9 Å². The molecule has 15 heavy (non-hydrogen) atoms. The molecule has 0 saturated heterocycles. The van der Waals surface area contributed by atoms with Gasteiger partial charge in [-0.15, -0.1) is 0 Å². The van der Waals surface area contributed by atoms with Crippen molar-refractivity contribution in [3.63, 3.8) is 0 Å². The van der Waals surface area contributed by atoms with Gasteiger partial charge >= 0.3 is 5.97 Å². The van der Waals surface area contributed by atoms with Crippen LogP contribution in [-0.4, -0.2) is 39.0 Å². The van der Waals surface area contributed by atoms with Crippen molar-refractivity contribution in [1.29, 1.82) is 0 Å². The minimum atomic E-state index is -3.07. The summed E-state index contributed by atoms with van der Waals surface area (Å²) in [7, 11) is -3.07. The summed E-state index contributed by atoms with van der Waals surface area (Å²) in [6.45, 7) is 2.33. The number of esters is 1. The van der Waals surface area contributed by atoms with Crippen molar-refractivity contribution in [1.82, 2.24) is 0 Å². The van der Waals surface area contributed by atoms with Gasteiger partial charge in [0.15, 0.2) is 0 Å². The van der Waals surface area contributed by atoms with Gasteiger partial charge in [-0.25, -0.2) is 8.42 Å². The largest absolute Gasteiger partial charge is 0.465 e. The van der Waals surface area contributed by atoms with Crippen molar-refractivity contribution in [2.24, 2.45) is 5.73 Å². The summed E-state index contributed by atoms with van der Waals surface area (Å²) in [6, 6.07) is -0.836. The lowest BCUT2D eigenvalue weighted by molar-refractivity contribution is -0.145. The maximum absolute atomic E-state index is 11.2. The second kappa shape index (κ2) is 6.79. The minimum Gasteiger partial charge on any atom is -0.465 e. The number of hydrogen-bond acceptors (Lipinski definition) is 5. The predicted octanol–water partition coefficient (Wildman–Crippen LogP) is 0.0917. The quantitative estimate of drug-likeness (QED) is 0.501. The summed E-state index contributed by atoms with van der Waals surface area (Å²) < 4.78 is 26.5. The first-order valence-electron chi connectivity index (χ1n) is 4.96. The van der Waals surface area contributed by atoms with Crippen molar-refractivity contribution in [2.45, 2.75) is 32.2 Å². The fourth-order valence-electron chi connectivity index (χ4n) is 0.883. The van der Waals surface area contributed by atoms with Crippen molar-refractivity contribution in [2.75, 3.05) is 18.6 Å². The Balaban J connectivity index is 3.79. The third-order valence-corrected chi connectivity index (χ3v) is 2.82. The first kappa shape index (κ1) is 14.4. The molecule has 6 heteroatoms. The second-order valence-corrected chi connectivity index (χ2v) is 5.81. The minimum absolute atomic E-state index is 0.0863. The Morgan fingerprint density at radius 1 is 1.47 bits per heavy atom. The zero-order valence-electron chi connectivity index (χ0n) is 9.23. The molecule has 0 rings (SSSR count). The van der Waals surface area contributed by atoms with Crippen molar-refractivity contribution in [3.8, 4) is 0 Å².